The predicted octanol–water partition coefficient (Wildman–Crippen LogP) is 3.66. The predicted molar refractivity (Wildman–Crippen MR) is 80.8 cm³/mol. The first kappa shape index (κ1) is 14.3. The molecule has 2 atom stereocenters. The van der Waals surface area contributed by atoms with Crippen LogP contribution in [0.15, 0.2) is 22.7 Å². The third-order valence-electron chi connectivity index (χ3n) is 3.85. The summed E-state index contributed by atoms with van der Waals surface area (Å²) in [5.74, 6) is 0.682. The highest BCUT2D eigenvalue weighted by molar-refractivity contribution is 9.10. The molecule has 100 valence electrons. The molecule has 0 aromatic heterocycles. The summed E-state index contributed by atoms with van der Waals surface area (Å²) in [6.45, 7) is 5.09. The molecule has 1 heterocycles. The van der Waals surface area contributed by atoms with E-state index in [1.807, 2.05) is 18.2 Å². The van der Waals surface area contributed by atoms with Gasteiger partial charge in [0.1, 0.15) is 0 Å². The maximum atomic E-state index is 6.07. The van der Waals surface area contributed by atoms with Gasteiger partial charge in [-0.15, -0.1) is 0 Å². The molecule has 1 aliphatic rings. The van der Waals surface area contributed by atoms with E-state index in [9.17, 15) is 0 Å². The normalized spacial score (nSPS) is 25.3. The van der Waals surface area contributed by atoms with Crippen LogP contribution in [0.2, 0.25) is 5.02 Å². The Labute approximate surface area is 123 Å². The number of rotatable bonds is 3. The van der Waals surface area contributed by atoms with Crippen molar-refractivity contribution in [2.75, 3.05) is 13.1 Å². The average Bonchev–Trinajstić information content (AvgIpc) is 2.34. The summed E-state index contributed by atoms with van der Waals surface area (Å²) in [7, 11) is 0. The summed E-state index contributed by atoms with van der Waals surface area (Å²) in [6.07, 6.45) is 2.55. The number of benzene rings is 1. The van der Waals surface area contributed by atoms with E-state index >= 15 is 0 Å². The molecule has 18 heavy (non-hydrogen) atoms. The molecule has 2 rings (SSSR count). The van der Waals surface area contributed by atoms with Crippen LogP contribution in [-0.2, 0) is 6.54 Å². The maximum absolute atomic E-state index is 6.07. The third-order valence-corrected chi connectivity index (χ3v) is 4.86. The molecule has 2 unspecified atom stereocenters. The maximum Gasteiger partial charge on any atom is 0.0410 e. The van der Waals surface area contributed by atoms with Crippen LogP contribution in [-0.4, -0.2) is 24.0 Å². The standard InChI is InChI=1S/C14H20BrClN2/c1-10-3-2-6-18(14(10)8-17)9-11-7-12(16)4-5-13(11)15/h4-5,7,10,14H,2-3,6,8-9,17H2,1H3. The van der Waals surface area contributed by atoms with E-state index in [1.165, 1.54) is 18.4 Å². The van der Waals surface area contributed by atoms with E-state index < -0.39 is 0 Å². The van der Waals surface area contributed by atoms with Crippen LogP contribution in [0.4, 0.5) is 0 Å². The molecule has 1 fully saturated rings. The van der Waals surface area contributed by atoms with Crippen molar-refractivity contribution >= 4 is 27.5 Å². The Morgan fingerprint density at radius 1 is 1.50 bits per heavy atom. The molecule has 2 nitrogen and oxygen atoms in total. The van der Waals surface area contributed by atoms with Crippen molar-refractivity contribution in [3.8, 4) is 0 Å². The minimum Gasteiger partial charge on any atom is -0.329 e. The fraction of sp³-hybridized carbons (Fsp3) is 0.571. The van der Waals surface area contributed by atoms with Gasteiger partial charge in [-0.05, 0) is 49.1 Å². The van der Waals surface area contributed by atoms with Gasteiger partial charge >= 0.3 is 0 Å². The molecule has 1 aromatic rings. The number of hydrogen-bond acceptors (Lipinski definition) is 2. The number of nitrogens with two attached hydrogens (primary N) is 1. The summed E-state index contributed by atoms with van der Waals surface area (Å²) in [5, 5.41) is 0.794. The number of hydrogen-bond donors (Lipinski definition) is 1. The number of nitrogens with zero attached hydrogens (tertiary/aromatic N) is 1. The monoisotopic (exact) mass is 330 g/mol. The highest BCUT2D eigenvalue weighted by Crippen LogP contribution is 2.28. The van der Waals surface area contributed by atoms with Crippen molar-refractivity contribution in [1.82, 2.24) is 4.90 Å². The van der Waals surface area contributed by atoms with Gasteiger partial charge in [-0.1, -0.05) is 34.5 Å². The van der Waals surface area contributed by atoms with Gasteiger partial charge in [0.05, 0.1) is 0 Å². The van der Waals surface area contributed by atoms with Crippen molar-refractivity contribution in [2.24, 2.45) is 11.7 Å². The Balaban J connectivity index is 2.14. The second-order valence-corrected chi connectivity index (χ2v) is 6.42. The van der Waals surface area contributed by atoms with Gasteiger partial charge in [0.15, 0.2) is 0 Å². The van der Waals surface area contributed by atoms with Crippen LogP contribution in [0.1, 0.15) is 25.3 Å². The molecule has 0 spiro atoms. The van der Waals surface area contributed by atoms with Crippen molar-refractivity contribution in [3.05, 3.63) is 33.3 Å². The summed E-state index contributed by atoms with van der Waals surface area (Å²) >= 11 is 9.67. The second kappa shape index (κ2) is 6.38. The molecule has 0 aliphatic carbocycles. The van der Waals surface area contributed by atoms with Crippen molar-refractivity contribution in [1.29, 1.82) is 0 Å². The quantitative estimate of drug-likeness (QED) is 0.916. The van der Waals surface area contributed by atoms with Crippen LogP contribution < -0.4 is 5.73 Å². The molecular formula is C14H20BrClN2. The van der Waals surface area contributed by atoms with Gasteiger partial charge in [-0.2, -0.15) is 0 Å². The summed E-state index contributed by atoms with van der Waals surface area (Å²) in [4.78, 5) is 2.49. The van der Waals surface area contributed by atoms with Crippen molar-refractivity contribution in [3.63, 3.8) is 0 Å². The van der Waals surface area contributed by atoms with Gasteiger partial charge in [-0.3, -0.25) is 4.90 Å². The van der Waals surface area contributed by atoms with Gasteiger partial charge in [0, 0.05) is 28.6 Å². The van der Waals surface area contributed by atoms with Gasteiger partial charge < -0.3 is 5.73 Å². The zero-order valence-electron chi connectivity index (χ0n) is 10.7. The van der Waals surface area contributed by atoms with E-state index in [-0.39, 0.29) is 0 Å². The zero-order chi connectivity index (χ0) is 13.1. The summed E-state index contributed by atoms with van der Waals surface area (Å²) in [6, 6.07) is 6.46. The lowest BCUT2D eigenvalue weighted by atomic mass is 9.90. The number of piperidine rings is 1. The van der Waals surface area contributed by atoms with E-state index in [0.717, 1.165) is 29.1 Å². The molecule has 1 aromatic carbocycles. The largest absolute Gasteiger partial charge is 0.329 e. The van der Waals surface area contributed by atoms with Crippen LogP contribution >= 0.6 is 27.5 Å². The van der Waals surface area contributed by atoms with Crippen LogP contribution in [0, 0.1) is 5.92 Å². The minimum atomic E-state index is 0.490. The highest BCUT2D eigenvalue weighted by Gasteiger charge is 2.27. The van der Waals surface area contributed by atoms with Gasteiger partial charge in [-0.25, -0.2) is 0 Å². The first-order chi connectivity index (χ1) is 8.61. The average molecular weight is 332 g/mol. The molecule has 0 saturated carbocycles. The molecule has 1 saturated heterocycles. The lowest BCUT2D eigenvalue weighted by Gasteiger charge is -2.39. The van der Waals surface area contributed by atoms with E-state index in [1.54, 1.807) is 0 Å². The fourth-order valence-electron chi connectivity index (χ4n) is 2.80. The smallest absolute Gasteiger partial charge is 0.0410 e. The molecule has 0 amide bonds. The number of halogens is 2. The summed E-state index contributed by atoms with van der Waals surface area (Å²) < 4.78 is 1.13. The zero-order valence-corrected chi connectivity index (χ0v) is 13.0. The molecule has 2 N–H and O–H groups in total. The second-order valence-electron chi connectivity index (χ2n) is 5.13. The van der Waals surface area contributed by atoms with E-state index in [2.05, 4.69) is 27.8 Å². The lowest BCUT2D eigenvalue weighted by molar-refractivity contribution is 0.0989. The molecular weight excluding hydrogens is 312 g/mol. The fourth-order valence-corrected chi connectivity index (χ4v) is 3.36. The Morgan fingerprint density at radius 3 is 3.00 bits per heavy atom. The Hall–Kier alpha value is -0.0900. The molecule has 1 aliphatic heterocycles. The topological polar surface area (TPSA) is 29.3 Å². The van der Waals surface area contributed by atoms with E-state index in [4.69, 9.17) is 17.3 Å². The third kappa shape index (κ3) is 3.27. The SMILES string of the molecule is CC1CCCN(Cc2cc(Cl)ccc2Br)C1CN. The Bertz CT molecular complexity index is 411. The Morgan fingerprint density at radius 2 is 2.28 bits per heavy atom. The van der Waals surface area contributed by atoms with Crippen molar-refractivity contribution in [2.45, 2.75) is 32.4 Å². The first-order valence-corrected chi connectivity index (χ1v) is 7.67. The molecule has 4 heteroatoms. The van der Waals surface area contributed by atoms with E-state index in [0.29, 0.717) is 12.0 Å². The van der Waals surface area contributed by atoms with Crippen molar-refractivity contribution < 1.29 is 0 Å². The highest BCUT2D eigenvalue weighted by atomic mass is 79.9. The van der Waals surface area contributed by atoms with Crippen LogP contribution in [0.5, 0.6) is 0 Å². The lowest BCUT2D eigenvalue weighted by Crippen LogP contribution is -2.48. The first-order valence-electron chi connectivity index (χ1n) is 6.50. The van der Waals surface area contributed by atoms with Crippen LogP contribution in [0.25, 0.3) is 0 Å². The molecule has 0 radical (unpaired) electrons. The van der Waals surface area contributed by atoms with Crippen LogP contribution in [0.3, 0.4) is 0 Å². The van der Waals surface area contributed by atoms with Gasteiger partial charge in [0.25, 0.3) is 0 Å². The number of likely N-dealkylation sites (tertiary alicyclic amines) is 1. The Kier molecular flexibility index (Phi) is 5.07. The summed E-state index contributed by atoms with van der Waals surface area (Å²) in [5.41, 5.74) is 7.17. The minimum absolute atomic E-state index is 0.490. The van der Waals surface area contributed by atoms with Gasteiger partial charge in [0.2, 0.25) is 0 Å². The molecule has 0 bridgehead atoms.